The van der Waals surface area contributed by atoms with E-state index in [1.54, 1.807) is 0 Å². The highest BCUT2D eigenvalue weighted by Gasteiger charge is 2.19. The molecular weight excluding hydrogens is 718 g/mol. The van der Waals surface area contributed by atoms with Crippen LogP contribution in [0.3, 0.4) is 0 Å². The fourth-order valence-corrected chi connectivity index (χ4v) is 5.20. The number of rotatable bonds is 22. The number of nitrogens with one attached hydrogen (secondary N) is 2. The summed E-state index contributed by atoms with van der Waals surface area (Å²) in [5, 5.41) is 25.8. The summed E-state index contributed by atoms with van der Waals surface area (Å²) in [5.74, 6) is 0.336. The molecule has 0 heterocycles. The number of hydrogen-bond acceptors (Lipinski definition) is 16. The van der Waals surface area contributed by atoms with Gasteiger partial charge in [-0.15, -0.1) is 0 Å². The van der Waals surface area contributed by atoms with E-state index in [1.165, 1.54) is 14.5 Å². The highest BCUT2D eigenvalue weighted by molar-refractivity contribution is 7.46. The summed E-state index contributed by atoms with van der Waals surface area (Å²) in [6.07, 6.45) is 15.3. The van der Waals surface area contributed by atoms with Crippen molar-refractivity contribution >= 4 is 27.8 Å². The minimum absolute atomic E-state index is 0.000357. The first-order valence-electron chi connectivity index (χ1n) is 17.1. The average molecular weight is 778 g/mol. The lowest BCUT2D eigenvalue weighted by Gasteiger charge is -2.26. The van der Waals surface area contributed by atoms with Crippen molar-refractivity contribution in [1.29, 1.82) is 1.43 Å². The zero-order valence-corrected chi connectivity index (χ0v) is 31.4. The third-order valence-electron chi connectivity index (χ3n) is 6.49. The van der Waals surface area contributed by atoms with Crippen LogP contribution in [0.2, 0.25) is 0 Å². The third-order valence-corrected chi connectivity index (χ3v) is 8.50. The van der Waals surface area contributed by atoms with E-state index in [4.69, 9.17) is 31.5 Å². The number of alkyl carbamates (subject to hydrolysis) is 2. The predicted octanol–water partition coefficient (Wildman–Crippen LogP) is 2.45. The van der Waals surface area contributed by atoms with Crippen LogP contribution >= 0.6 is 15.6 Å². The zero-order valence-electron chi connectivity index (χ0n) is 31.6. The Morgan fingerprint density at radius 3 is 1.55 bits per heavy atom. The number of carbonyl (C=O) groups excluding carboxylic acids is 2. The second kappa shape index (κ2) is 31.1. The summed E-state index contributed by atoms with van der Waals surface area (Å²) in [7, 11) is -4.09. The van der Waals surface area contributed by atoms with Crippen molar-refractivity contribution in [3.63, 3.8) is 0 Å². The Morgan fingerprint density at radius 1 is 0.824 bits per heavy atom. The number of aliphatic hydroxyl groups excluding tert-OH is 3. The van der Waals surface area contributed by atoms with E-state index in [1.807, 2.05) is 48.6 Å². The number of allylic oxidation sites excluding steroid dienone is 6. The van der Waals surface area contributed by atoms with E-state index in [0.717, 1.165) is 27.1 Å². The molecule has 51 heavy (non-hydrogen) atoms. The van der Waals surface area contributed by atoms with Gasteiger partial charge in [0, 0.05) is 60.8 Å². The highest BCUT2D eigenvalue weighted by Crippen LogP contribution is 2.40. The number of amides is 2. The number of aliphatic hydroxyl groups is 3. The van der Waals surface area contributed by atoms with Crippen LogP contribution in [0.15, 0.2) is 48.6 Å². The lowest BCUT2D eigenvalue weighted by atomic mass is 10.0. The summed E-state index contributed by atoms with van der Waals surface area (Å²) in [6, 6.07) is 0. The highest BCUT2D eigenvalue weighted by atomic mass is 31.2. The standard InChI is InChI=1S/2C14H24NO7P.C2H6O2.CH4/c2*1-20-23(18,19)22-13(8-10-16)7-9-15-14(17)21-11-12-5-3-2-4-6-12;1-4-2-3;/h2*2-5,12-13,16H,6-11H2,1H3,(H,15,17)(H,18,19);3H,2H2,1H3;1H4/p-2/t2*12?,13-;;/m00../s1/i16D;;;1T. The minimum Gasteiger partial charge on any atom is -0.756 e. The van der Waals surface area contributed by atoms with Crippen LogP contribution < -0.4 is 20.4 Å². The summed E-state index contributed by atoms with van der Waals surface area (Å²) in [4.78, 5) is 45.7. The van der Waals surface area contributed by atoms with Gasteiger partial charge in [0.1, 0.15) is 6.79 Å². The Bertz CT molecular complexity index is 1160. The third kappa shape index (κ3) is 28.8. The monoisotopic (exact) mass is 777 g/mol. The molecule has 4 unspecified atom stereocenters. The van der Waals surface area contributed by atoms with Crippen LogP contribution in [0.25, 0.3) is 0 Å². The molecule has 0 spiro atoms. The van der Waals surface area contributed by atoms with Crippen molar-refractivity contribution < 1.29 is 77.5 Å². The van der Waals surface area contributed by atoms with Gasteiger partial charge in [-0.2, -0.15) is 0 Å². The molecule has 0 saturated heterocycles. The fraction of sp³-hybridized carbons (Fsp3) is 0.677. The van der Waals surface area contributed by atoms with Crippen molar-refractivity contribution in [2.45, 2.75) is 58.1 Å². The number of ether oxygens (including phenoxy) is 3. The summed E-state index contributed by atoms with van der Waals surface area (Å²) in [6.45, 7) is 0.460. The molecular formula is C31H56N2O16P2-2. The van der Waals surface area contributed by atoms with E-state index < -0.39 is 40.0 Å². The summed E-state index contributed by atoms with van der Waals surface area (Å²) >= 11 is 0. The molecule has 0 aliphatic heterocycles. The van der Waals surface area contributed by atoms with Gasteiger partial charge in [-0.1, -0.05) is 56.0 Å². The van der Waals surface area contributed by atoms with Crippen LogP contribution in [0.1, 0.15) is 47.3 Å². The molecule has 0 aromatic rings. The Morgan fingerprint density at radius 2 is 1.24 bits per heavy atom. The topological polar surface area (TPSA) is 264 Å². The molecule has 2 aliphatic rings. The van der Waals surface area contributed by atoms with Crippen LogP contribution in [-0.4, -0.2) is 109 Å². The summed E-state index contributed by atoms with van der Waals surface area (Å²) in [5.41, 5.74) is 0. The molecule has 20 heteroatoms. The zero-order chi connectivity index (χ0) is 40.4. The first-order chi connectivity index (χ1) is 25.3. The Hall–Kier alpha value is -2.44. The molecule has 0 bridgehead atoms. The van der Waals surface area contributed by atoms with Crippen LogP contribution in [0, 0.1) is 11.8 Å². The maximum Gasteiger partial charge on any atom is 0.407 e. The number of phosphoric acid groups is 2. The lowest BCUT2D eigenvalue weighted by molar-refractivity contribution is -0.229. The second-order valence-electron chi connectivity index (χ2n) is 10.4. The molecule has 2 rings (SSSR count). The van der Waals surface area contributed by atoms with Crippen molar-refractivity contribution in [2.75, 3.05) is 67.6 Å². The molecule has 0 aromatic heterocycles. The van der Waals surface area contributed by atoms with Crippen LogP contribution in [0.4, 0.5) is 9.59 Å². The predicted molar refractivity (Wildman–Crippen MR) is 184 cm³/mol. The second-order valence-corrected chi connectivity index (χ2v) is 13.3. The average Bonchev–Trinajstić information content (AvgIpc) is 3.17. The van der Waals surface area contributed by atoms with Gasteiger partial charge >= 0.3 is 12.2 Å². The van der Waals surface area contributed by atoms with Gasteiger partial charge < -0.3 is 68.0 Å². The van der Waals surface area contributed by atoms with Crippen molar-refractivity contribution in [3.8, 4) is 0 Å². The van der Waals surface area contributed by atoms with Gasteiger partial charge in [0.05, 0.1) is 25.4 Å². The maximum atomic E-state index is 11.6. The fourth-order valence-electron chi connectivity index (χ4n) is 3.87. The molecule has 5 N–H and O–H groups in total. The first-order valence-corrected chi connectivity index (χ1v) is 18.6. The van der Waals surface area contributed by atoms with Gasteiger partial charge in [-0.3, -0.25) is 9.13 Å². The normalized spacial score (nSPS) is 19.7. The molecule has 2 aliphatic carbocycles. The molecule has 298 valence electrons. The molecule has 0 fully saturated rings. The molecule has 6 atom stereocenters. The van der Waals surface area contributed by atoms with E-state index in [-0.39, 0.29) is 83.8 Å². The molecule has 0 aromatic carbocycles. The van der Waals surface area contributed by atoms with Gasteiger partial charge in [0.25, 0.3) is 15.6 Å². The Labute approximate surface area is 303 Å². The van der Waals surface area contributed by atoms with E-state index in [0.29, 0.717) is 0 Å². The van der Waals surface area contributed by atoms with Crippen LogP contribution in [-0.2, 0) is 41.4 Å². The first kappa shape index (κ1) is 46.6. The van der Waals surface area contributed by atoms with Gasteiger partial charge in [0.2, 0.25) is 1.43 Å². The van der Waals surface area contributed by atoms with E-state index >= 15 is 0 Å². The minimum atomic E-state index is -4.39. The van der Waals surface area contributed by atoms with Gasteiger partial charge in [0.15, 0.2) is 0 Å². The van der Waals surface area contributed by atoms with E-state index in [2.05, 4.69) is 29.5 Å². The van der Waals surface area contributed by atoms with Gasteiger partial charge in [-0.05, 0) is 38.5 Å². The maximum absolute atomic E-state index is 11.6. The van der Waals surface area contributed by atoms with Crippen molar-refractivity contribution in [2.24, 2.45) is 11.8 Å². The smallest absolute Gasteiger partial charge is 0.407 e. The van der Waals surface area contributed by atoms with Crippen molar-refractivity contribution in [3.05, 3.63) is 48.6 Å². The summed E-state index contributed by atoms with van der Waals surface area (Å²) < 4.78 is 67.3. The van der Waals surface area contributed by atoms with Gasteiger partial charge in [-0.25, -0.2) is 9.59 Å². The van der Waals surface area contributed by atoms with Crippen molar-refractivity contribution in [1.82, 2.24) is 10.6 Å². The largest absolute Gasteiger partial charge is 0.756 e. The lowest BCUT2D eigenvalue weighted by Crippen LogP contribution is -2.30. The molecule has 0 radical (unpaired) electrons. The number of hydrogen-bond donors (Lipinski definition) is 5. The Balaban J connectivity index is 0. The van der Waals surface area contributed by atoms with E-state index in [9.17, 15) is 28.5 Å². The Kier molecular flexibility index (Phi) is 28.4. The van der Waals surface area contributed by atoms with Crippen LogP contribution in [0.5, 0.6) is 0 Å². The SMILES string of the molecule is COCO.COP(=O)([O-])O[C@H](CCO)CCNC(=O)OCC1C=CC=CC1.[2H]OCC[C@H](CCNC(=O)OCC1C=CC=CC1)OP(=O)([O-])OC.[3H]C. The molecule has 18 nitrogen and oxygen atoms in total. The quantitative estimate of drug-likeness (QED) is 0.0781. The number of phosphoric ester groups is 2. The number of carbonyl (C=O) groups is 2. The number of methoxy groups -OCH3 is 1. The molecule has 0 saturated carbocycles. The molecule has 2 amide bonds.